The number of hydrogen-bond acceptors (Lipinski definition) is 3. The van der Waals surface area contributed by atoms with Gasteiger partial charge in [0.25, 0.3) is 0 Å². The predicted octanol–water partition coefficient (Wildman–Crippen LogP) is 3.12. The maximum atomic E-state index is 12.6. The van der Waals surface area contributed by atoms with Gasteiger partial charge in [-0.15, -0.1) is 0 Å². The van der Waals surface area contributed by atoms with Gasteiger partial charge in [-0.05, 0) is 64.2 Å². The topological polar surface area (TPSA) is 60.2 Å². The minimum atomic E-state index is -3.11. The molecule has 1 saturated heterocycles. The van der Waals surface area contributed by atoms with Crippen LogP contribution in [0.5, 0.6) is 0 Å². The molecule has 1 aromatic carbocycles. The van der Waals surface area contributed by atoms with Crippen LogP contribution >= 0.6 is 0 Å². The van der Waals surface area contributed by atoms with Crippen molar-refractivity contribution in [2.24, 2.45) is 0 Å². The second-order valence-electron chi connectivity index (χ2n) is 6.79. The zero-order valence-electron chi connectivity index (χ0n) is 12.1. The summed E-state index contributed by atoms with van der Waals surface area (Å²) in [5.74, 6) is 0.272. The molecule has 0 aromatic heterocycles. The Balaban J connectivity index is 2.40. The Kier molecular flexibility index (Phi) is 3.21. The van der Waals surface area contributed by atoms with E-state index in [4.69, 9.17) is 5.73 Å². The summed E-state index contributed by atoms with van der Waals surface area (Å²) >= 11 is 0. The molecule has 2 rings (SSSR count). The van der Waals surface area contributed by atoms with Crippen molar-refractivity contribution in [2.75, 3.05) is 5.73 Å². The number of benzene rings is 1. The first-order chi connectivity index (χ1) is 8.57. The fraction of sp³-hybridized carbons (Fsp3) is 0.600. The molecule has 0 saturated carbocycles. The molecule has 0 atom stereocenters. The van der Waals surface area contributed by atoms with Crippen molar-refractivity contribution in [3.63, 3.8) is 0 Å². The lowest BCUT2D eigenvalue weighted by molar-refractivity contribution is 0.378. The molecule has 1 aliphatic rings. The van der Waals surface area contributed by atoms with E-state index in [0.717, 1.165) is 5.69 Å². The van der Waals surface area contributed by atoms with E-state index in [1.165, 1.54) is 5.56 Å². The van der Waals surface area contributed by atoms with E-state index in [2.05, 4.69) is 0 Å². The van der Waals surface area contributed by atoms with Gasteiger partial charge in [0.2, 0.25) is 0 Å². The summed E-state index contributed by atoms with van der Waals surface area (Å²) in [7, 11) is -3.11. The van der Waals surface area contributed by atoms with E-state index in [1.54, 1.807) is 0 Å². The first-order valence-electron chi connectivity index (χ1n) is 6.66. The number of nitrogen functional groups attached to an aromatic ring is 1. The summed E-state index contributed by atoms with van der Waals surface area (Å²) < 4.78 is 23.8. The molecule has 0 radical (unpaired) electrons. The van der Waals surface area contributed by atoms with Crippen LogP contribution in [0.3, 0.4) is 0 Å². The smallest absolute Gasteiger partial charge is 0.160 e. The average Bonchev–Trinajstić information content (AvgIpc) is 2.26. The number of sulfone groups is 1. The molecule has 4 heteroatoms. The molecule has 3 nitrogen and oxygen atoms in total. The molecule has 0 aliphatic carbocycles. The number of hydrogen-bond donors (Lipinski definition) is 1. The van der Waals surface area contributed by atoms with E-state index in [-0.39, 0.29) is 5.92 Å². The van der Waals surface area contributed by atoms with Gasteiger partial charge in [-0.2, -0.15) is 0 Å². The highest BCUT2D eigenvalue weighted by Gasteiger charge is 2.52. The van der Waals surface area contributed by atoms with Gasteiger partial charge in [0, 0.05) is 5.69 Å². The SMILES string of the molecule is CC1(C)CC(c2ccc(N)cc2)CC(C)(C)S1(=O)=O. The van der Waals surface area contributed by atoms with Gasteiger partial charge in [-0.1, -0.05) is 12.1 Å². The zero-order chi connectivity index (χ0) is 14.5. The van der Waals surface area contributed by atoms with E-state index in [1.807, 2.05) is 52.0 Å². The van der Waals surface area contributed by atoms with Crippen molar-refractivity contribution >= 4 is 15.5 Å². The number of anilines is 1. The summed E-state index contributed by atoms with van der Waals surface area (Å²) in [6.07, 6.45) is 1.34. The third-order valence-corrected chi connectivity index (χ3v) is 7.58. The van der Waals surface area contributed by atoms with Crippen molar-refractivity contribution in [1.29, 1.82) is 0 Å². The highest BCUT2D eigenvalue weighted by atomic mass is 32.2. The van der Waals surface area contributed by atoms with Gasteiger partial charge in [0.1, 0.15) is 0 Å². The van der Waals surface area contributed by atoms with Crippen LogP contribution in [-0.2, 0) is 9.84 Å². The Morgan fingerprint density at radius 2 is 1.42 bits per heavy atom. The summed E-state index contributed by atoms with van der Waals surface area (Å²) in [5, 5.41) is 0. The largest absolute Gasteiger partial charge is 0.399 e. The normalized spacial score (nSPS) is 25.1. The fourth-order valence-corrected chi connectivity index (χ4v) is 5.57. The molecule has 1 aliphatic heterocycles. The summed E-state index contributed by atoms with van der Waals surface area (Å²) in [5.41, 5.74) is 7.64. The lowest BCUT2D eigenvalue weighted by Crippen LogP contribution is -2.51. The van der Waals surface area contributed by atoms with Gasteiger partial charge in [0.15, 0.2) is 9.84 Å². The lowest BCUT2D eigenvalue weighted by Gasteiger charge is -2.44. The van der Waals surface area contributed by atoms with Crippen molar-refractivity contribution in [2.45, 2.75) is 55.9 Å². The summed E-state index contributed by atoms with van der Waals surface area (Å²) in [6, 6.07) is 7.81. The Morgan fingerprint density at radius 1 is 1.00 bits per heavy atom. The van der Waals surface area contributed by atoms with Gasteiger partial charge in [-0.25, -0.2) is 8.42 Å². The van der Waals surface area contributed by atoms with Crippen molar-refractivity contribution in [3.8, 4) is 0 Å². The van der Waals surface area contributed by atoms with Crippen LogP contribution in [0.4, 0.5) is 5.69 Å². The van der Waals surface area contributed by atoms with Crippen molar-refractivity contribution < 1.29 is 8.42 Å². The molecule has 1 fully saturated rings. The van der Waals surface area contributed by atoms with E-state index < -0.39 is 19.3 Å². The maximum Gasteiger partial charge on any atom is 0.160 e. The van der Waals surface area contributed by atoms with E-state index in [0.29, 0.717) is 12.8 Å². The molecule has 1 aromatic rings. The van der Waals surface area contributed by atoms with Crippen LogP contribution in [0.15, 0.2) is 24.3 Å². The van der Waals surface area contributed by atoms with Crippen LogP contribution in [0.2, 0.25) is 0 Å². The van der Waals surface area contributed by atoms with E-state index in [9.17, 15) is 8.42 Å². The Bertz CT molecular complexity index is 547. The molecule has 0 unspecified atom stereocenters. The highest BCUT2D eigenvalue weighted by molar-refractivity contribution is 7.94. The standard InChI is InChI=1S/C15H23NO2S/c1-14(2)9-12(10-15(3,4)19(14,17)18)11-5-7-13(16)8-6-11/h5-8,12H,9-10,16H2,1-4H3. The zero-order valence-corrected chi connectivity index (χ0v) is 12.9. The minimum Gasteiger partial charge on any atom is -0.399 e. The molecule has 0 amide bonds. The van der Waals surface area contributed by atoms with Gasteiger partial charge < -0.3 is 5.73 Å². The lowest BCUT2D eigenvalue weighted by atomic mass is 9.82. The van der Waals surface area contributed by atoms with Crippen molar-refractivity contribution in [3.05, 3.63) is 29.8 Å². The van der Waals surface area contributed by atoms with Gasteiger partial charge >= 0.3 is 0 Å². The molecular weight excluding hydrogens is 258 g/mol. The molecule has 0 spiro atoms. The van der Waals surface area contributed by atoms with Gasteiger partial charge in [-0.3, -0.25) is 0 Å². The van der Waals surface area contributed by atoms with E-state index >= 15 is 0 Å². The molecule has 0 bridgehead atoms. The monoisotopic (exact) mass is 281 g/mol. The number of nitrogens with two attached hydrogens (primary N) is 1. The van der Waals surface area contributed by atoms with Gasteiger partial charge in [0.05, 0.1) is 9.49 Å². The molecule has 19 heavy (non-hydrogen) atoms. The fourth-order valence-electron chi connectivity index (χ4n) is 3.23. The Labute approximate surface area is 116 Å². The second kappa shape index (κ2) is 4.23. The predicted molar refractivity (Wildman–Crippen MR) is 79.9 cm³/mol. The Hall–Kier alpha value is -1.03. The maximum absolute atomic E-state index is 12.6. The third-order valence-electron chi connectivity index (χ3n) is 4.34. The van der Waals surface area contributed by atoms with Crippen LogP contribution in [-0.4, -0.2) is 17.9 Å². The molecular formula is C15H23NO2S. The quantitative estimate of drug-likeness (QED) is 0.805. The molecule has 2 N–H and O–H groups in total. The van der Waals surface area contributed by atoms with Crippen LogP contribution in [0, 0.1) is 0 Å². The Morgan fingerprint density at radius 3 is 1.84 bits per heavy atom. The third kappa shape index (κ3) is 2.27. The summed E-state index contributed by atoms with van der Waals surface area (Å²) in [4.78, 5) is 0. The molecule has 1 heterocycles. The first-order valence-corrected chi connectivity index (χ1v) is 8.15. The number of rotatable bonds is 1. The average molecular weight is 281 g/mol. The molecule has 106 valence electrons. The van der Waals surface area contributed by atoms with Crippen LogP contribution < -0.4 is 5.73 Å². The first kappa shape index (κ1) is 14.4. The van der Waals surface area contributed by atoms with Crippen LogP contribution in [0.25, 0.3) is 0 Å². The minimum absolute atomic E-state index is 0.272. The van der Waals surface area contributed by atoms with Crippen molar-refractivity contribution in [1.82, 2.24) is 0 Å². The summed E-state index contributed by atoms with van der Waals surface area (Å²) in [6.45, 7) is 7.36. The highest BCUT2D eigenvalue weighted by Crippen LogP contribution is 2.47. The second-order valence-corrected chi connectivity index (χ2v) is 10.0. The van der Waals surface area contributed by atoms with Crippen LogP contribution in [0.1, 0.15) is 52.0 Å².